The van der Waals surface area contributed by atoms with E-state index >= 15 is 0 Å². The van der Waals surface area contributed by atoms with Crippen LogP contribution in [0.25, 0.3) is 11.6 Å². The minimum absolute atomic E-state index is 0.241. The van der Waals surface area contributed by atoms with Gasteiger partial charge in [-0.3, -0.25) is 0 Å². The molecule has 0 aliphatic heterocycles. The lowest BCUT2D eigenvalue weighted by Crippen LogP contribution is -1.98. The Hall–Kier alpha value is -1.84. The second kappa shape index (κ2) is 9.77. The summed E-state index contributed by atoms with van der Waals surface area (Å²) < 4.78 is 20.6. The largest absolute Gasteiger partial charge is 0.487 e. The normalized spacial score (nSPS) is 11.2. The van der Waals surface area contributed by atoms with Crippen molar-refractivity contribution in [3.63, 3.8) is 0 Å². The molecule has 0 heterocycles. The Morgan fingerprint density at radius 1 is 1.07 bits per heavy atom. The van der Waals surface area contributed by atoms with E-state index in [4.69, 9.17) is 27.9 Å². The van der Waals surface area contributed by atoms with Crippen LogP contribution in [0.15, 0.2) is 63.5 Å². The highest BCUT2D eigenvalue weighted by molar-refractivity contribution is 9.11. The van der Waals surface area contributed by atoms with Crippen LogP contribution in [0.1, 0.15) is 16.7 Å². The van der Waals surface area contributed by atoms with Gasteiger partial charge in [-0.05, 0) is 64.0 Å². The molecule has 3 rings (SSSR count). The molecule has 0 unspecified atom stereocenters. The zero-order valence-electron chi connectivity index (χ0n) is 14.7. The van der Waals surface area contributed by atoms with Crippen molar-refractivity contribution in [1.29, 1.82) is 5.26 Å². The monoisotopic (exact) mass is 553 g/mol. The highest BCUT2D eigenvalue weighted by Crippen LogP contribution is 2.37. The Kier molecular flexibility index (Phi) is 7.37. The summed E-state index contributed by atoms with van der Waals surface area (Å²) in [6.07, 6.45) is 1.70. The van der Waals surface area contributed by atoms with Gasteiger partial charge in [-0.2, -0.15) is 5.26 Å². The number of ether oxygens (including phenoxy) is 1. The molecule has 0 aromatic heterocycles. The van der Waals surface area contributed by atoms with E-state index in [0.29, 0.717) is 37.0 Å². The molecule has 3 aromatic rings. The number of halogens is 5. The van der Waals surface area contributed by atoms with Crippen molar-refractivity contribution in [2.24, 2.45) is 0 Å². The number of hydrogen-bond donors (Lipinski definition) is 0. The third-order valence-electron chi connectivity index (χ3n) is 3.98. The van der Waals surface area contributed by atoms with Gasteiger partial charge in [0.15, 0.2) is 0 Å². The predicted octanol–water partition coefficient (Wildman–Crippen LogP) is 8.30. The van der Waals surface area contributed by atoms with Gasteiger partial charge in [-0.25, -0.2) is 4.39 Å². The van der Waals surface area contributed by atoms with E-state index in [2.05, 4.69) is 37.9 Å². The van der Waals surface area contributed by atoms with Crippen LogP contribution < -0.4 is 4.74 Å². The molecule has 2 nitrogen and oxygen atoms in total. The van der Waals surface area contributed by atoms with Gasteiger partial charge in [-0.15, -0.1) is 0 Å². The average Bonchev–Trinajstić information content (AvgIpc) is 2.67. The van der Waals surface area contributed by atoms with Gasteiger partial charge < -0.3 is 4.74 Å². The number of rotatable bonds is 5. The van der Waals surface area contributed by atoms with E-state index in [-0.39, 0.29) is 12.4 Å². The van der Waals surface area contributed by atoms with Crippen molar-refractivity contribution < 1.29 is 9.13 Å². The van der Waals surface area contributed by atoms with Crippen LogP contribution in [-0.2, 0) is 6.61 Å². The molecule has 0 fully saturated rings. The summed E-state index contributed by atoms with van der Waals surface area (Å²) in [7, 11) is 0. The van der Waals surface area contributed by atoms with Crippen molar-refractivity contribution in [1.82, 2.24) is 0 Å². The smallest absolute Gasteiger partial charge is 0.141 e. The molecule has 0 saturated carbocycles. The van der Waals surface area contributed by atoms with Crippen LogP contribution in [0, 0.1) is 17.1 Å². The Balaban J connectivity index is 2.00. The molecule has 0 saturated heterocycles. The lowest BCUT2D eigenvalue weighted by atomic mass is 10.0. The van der Waals surface area contributed by atoms with Gasteiger partial charge in [0, 0.05) is 20.6 Å². The number of nitrogens with zero attached hydrogens (tertiary/aromatic N) is 1. The van der Waals surface area contributed by atoms with Gasteiger partial charge in [0.25, 0.3) is 0 Å². The first kappa shape index (κ1) is 21.9. The maximum atomic E-state index is 13.1. The summed E-state index contributed by atoms with van der Waals surface area (Å²) in [4.78, 5) is 0. The number of nitriles is 1. The number of benzene rings is 3. The predicted molar refractivity (Wildman–Crippen MR) is 123 cm³/mol. The third-order valence-corrected chi connectivity index (χ3v) is 5.57. The topological polar surface area (TPSA) is 33.0 Å². The standard InChI is InChI=1S/C22H12Br2Cl2FNO/c23-16-8-14(7-15(11-28)19-6-3-17(25)10-21(19)26)22(20(24)9-16)29-12-13-1-4-18(27)5-2-13/h1-10H,12H2/b15-7+. The quantitative estimate of drug-likeness (QED) is 0.234. The van der Waals surface area contributed by atoms with Crippen LogP contribution in [-0.4, -0.2) is 0 Å². The number of allylic oxidation sites excluding steroid dienone is 1. The highest BCUT2D eigenvalue weighted by Gasteiger charge is 2.13. The summed E-state index contributed by atoms with van der Waals surface area (Å²) in [5.41, 5.74) is 2.43. The third kappa shape index (κ3) is 5.61. The summed E-state index contributed by atoms with van der Waals surface area (Å²) in [6, 6.07) is 16.9. The van der Waals surface area contributed by atoms with Crippen molar-refractivity contribution in [2.45, 2.75) is 6.61 Å². The van der Waals surface area contributed by atoms with Gasteiger partial charge >= 0.3 is 0 Å². The van der Waals surface area contributed by atoms with E-state index in [1.54, 1.807) is 36.4 Å². The van der Waals surface area contributed by atoms with E-state index in [1.165, 1.54) is 12.1 Å². The van der Waals surface area contributed by atoms with Crippen molar-refractivity contribution in [2.75, 3.05) is 0 Å². The maximum Gasteiger partial charge on any atom is 0.141 e. The first-order valence-corrected chi connectivity index (χ1v) is 10.6. The first-order chi connectivity index (χ1) is 13.9. The molecule has 0 atom stereocenters. The second-order valence-corrected chi connectivity index (χ2v) is 8.63. The van der Waals surface area contributed by atoms with Crippen LogP contribution in [0.4, 0.5) is 4.39 Å². The van der Waals surface area contributed by atoms with Crippen LogP contribution in [0.5, 0.6) is 5.75 Å². The summed E-state index contributed by atoms with van der Waals surface area (Å²) in [6.45, 7) is 0.241. The zero-order valence-corrected chi connectivity index (χ0v) is 19.4. The SMILES string of the molecule is N#C/C(=C\c1cc(Br)cc(Br)c1OCc1ccc(F)cc1)c1ccc(Cl)cc1Cl. The fourth-order valence-electron chi connectivity index (χ4n) is 2.61. The maximum absolute atomic E-state index is 13.1. The molecule has 7 heteroatoms. The first-order valence-electron chi connectivity index (χ1n) is 8.31. The molecular weight excluding hydrogens is 544 g/mol. The molecule has 0 N–H and O–H groups in total. The molecule has 0 spiro atoms. The second-order valence-electron chi connectivity index (χ2n) is 6.02. The molecule has 0 amide bonds. The van der Waals surface area contributed by atoms with Gasteiger partial charge in [0.2, 0.25) is 0 Å². The molecule has 0 aliphatic carbocycles. The van der Waals surface area contributed by atoms with E-state index in [9.17, 15) is 9.65 Å². The Morgan fingerprint density at radius 2 is 1.79 bits per heavy atom. The molecule has 0 radical (unpaired) electrons. The summed E-state index contributed by atoms with van der Waals surface area (Å²) >= 11 is 19.2. The highest BCUT2D eigenvalue weighted by atomic mass is 79.9. The zero-order chi connectivity index (χ0) is 21.0. The van der Waals surface area contributed by atoms with Gasteiger partial charge in [0.1, 0.15) is 18.2 Å². The summed E-state index contributed by atoms with van der Waals surface area (Å²) in [5, 5.41) is 10.6. The van der Waals surface area contributed by atoms with Gasteiger partial charge in [0.05, 0.1) is 21.1 Å². The minimum Gasteiger partial charge on any atom is -0.487 e. The van der Waals surface area contributed by atoms with E-state index in [1.807, 2.05) is 12.1 Å². The molecule has 0 aliphatic rings. The fraction of sp³-hybridized carbons (Fsp3) is 0.0455. The van der Waals surface area contributed by atoms with Crippen LogP contribution in [0.3, 0.4) is 0 Å². The van der Waals surface area contributed by atoms with Crippen LogP contribution >= 0.6 is 55.1 Å². The molecule has 146 valence electrons. The van der Waals surface area contributed by atoms with E-state index < -0.39 is 0 Å². The Labute approximate surface area is 194 Å². The van der Waals surface area contributed by atoms with Crippen molar-refractivity contribution >= 4 is 66.7 Å². The van der Waals surface area contributed by atoms with Crippen LogP contribution in [0.2, 0.25) is 10.0 Å². The molecule has 0 bridgehead atoms. The number of hydrogen-bond acceptors (Lipinski definition) is 2. The molecule has 3 aromatic carbocycles. The lowest BCUT2D eigenvalue weighted by molar-refractivity contribution is 0.303. The Morgan fingerprint density at radius 3 is 2.45 bits per heavy atom. The molecule has 29 heavy (non-hydrogen) atoms. The fourth-order valence-corrected chi connectivity index (χ4v) is 4.49. The summed E-state index contributed by atoms with van der Waals surface area (Å²) in [5.74, 6) is 0.246. The Bertz CT molecular complexity index is 1120. The van der Waals surface area contributed by atoms with E-state index in [0.717, 1.165) is 10.0 Å². The van der Waals surface area contributed by atoms with Crippen molar-refractivity contribution in [3.05, 3.63) is 96.1 Å². The molecular formula is C22H12Br2Cl2FNO. The minimum atomic E-state index is -0.305. The van der Waals surface area contributed by atoms with Crippen molar-refractivity contribution in [3.8, 4) is 11.8 Å². The average molecular weight is 556 g/mol. The lowest BCUT2D eigenvalue weighted by Gasteiger charge is -2.13. The van der Waals surface area contributed by atoms with Gasteiger partial charge in [-0.1, -0.05) is 57.3 Å².